The molecule has 0 fully saturated rings. The number of nitrogens with one attached hydrogen (secondary N) is 1. The molecule has 0 saturated heterocycles. The lowest BCUT2D eigenvalue weighted by Gasteiger charge is -2.19. The van der Waals surface area contributed by atoms with Gasteiger partial charge in [0.25, 0.3) is 0 Å². The highest BCUT2D eigenvalue weighted by atomic mass is 32.2. The Morgan fingerprint density at radius 1 is 1.29 bits per heavy atom. The van der Waals surface area contributed by atoms with Crippen molar-refractivity contribution in [1.29, 1.82) is 0 Å². The van der Waals surface area contributed by atoms with Crippen LogP contribution < -0.4 is 5.32 Å². The highest BCUT2D eigenvalue weighted by molar-refractivity contribution is 8.00. The quantitative estimate of drug-likeness (QED) is 0.779. The van der Waals surface area contributed by atoms with Gasteiger partial charge in [-0.1, -0.05) is 39.8 Å². The van der Waals surface area contributed by atoms with Crippen LogP contribution in [-0.4, -0.2) is 22.2 Å². The van der Waals surface area contributed by atoms with E-state index in [9.17, 15) is 9.59 Å². The van der Waals surface area contributed by atoms with Crippen molar-refractivity contribution in [2.45, 2.75) is 50.7 Å². The van der Waals surface area contributed by atoms with Gasteiger partial charge in [0.15, 0.2) is 0 Å². The minimum atomic E-state index is -0.835. The van der Waals surface area contributed by atoms with Crippen LogP contribution in [-0.2, 0) is 9.59 Å². The van der Waals surface area contributed by atoms with Crippen LogP contribution in [0.2, 0.25) is 0 Å². The third-order valence-corrected chi connectivity index (χ3v) is 4.20. The van der Waals surface area contributed by atoms with Crippen molar-refractivity contribution < 1.29 is 14.7 Å². The summed E-state index contributed by atoms with van der Waals surface area (Å²) in [7, 11) is 0. The van der Waals surface area contributed by atoms with Crippen molar-refractivity contribution in [3.8, 4) is 0 Å². The number of anilines is 1. The summed E-state index contributed by atoms with van der Waals surface area (Å²) < 4.78 is 0. The lowest BCUT2D eigenvalue weighted by atomic mass is 9.92. The largest absolute Gasteiger partial charge is 0.480 e. The number of rotatable bonds is 6. The minimum absolute atomic E-state index is 0.0566. The summed E-state index contributed by atoms with van der Waals surface area (Å²) in [6, 6.07) is 7.31. The molecule has 0 aliphatic heterocycles. The molecule has 1 rings (SSSR count). The number of carbonyl (C=O) groups excluding carboxylic acids is 1. The Morgan fingerprint density at radius 2 is 1.90 bits per heavy atom. The first kappa shape index (κ1) is 17.6. The summed E-state index contributed by atoms with van der Waals surface area (Å²) >= 11 is 1.27. The number of aliphatic carboxylic acids is 1. The fraction of sp³-hybridized carbons (Fsp3) is 0.500. The summed E-state index contributed by atoms with van der Waals surface area (Å²) in [4.78, 5) is 24.0. The van der Waals surface area contributed by atoms with Gasteiger partial charge in [-0.25, -0.2) is 0 Å². The standard InChI is InChI=1S/C16H23NO3S/c1-5-12(15(19)20)21-13-9-7-6-8-11(13)17-14(18)10-16(2,3)4/h6-9,12H,5,10H2,1-4H3,(H,17,18)(H,19,20)/t12-/m1/s1. The van der Waals surface area contributed by atoms with Crippen LogP contribution in [0.4, 0.5) is 5.69 Å². The van der Waals surface area contributed by atoms with Gasteiger partial charge in [0, 0.05) is 11.3 Å². The molecule has 4 nitrogen and oxygen atoms in total. The predicted molar refractivity (Wildman–Crippen MR) is 86.7 cm³/mol. The van der Waals surface area contributed by atoms with Crippen LogP contribution in [0.5, 0.6) is 0 Å². The molecule has 21 heavy (non-hydrogen) atoms. The molecule has 2 N–H and O–H groups in total. The van der Waals surface area contributed by atoms with E-state index in [1.54, 1.807) is 6.07 Å². The van der Waals surface area contributed by atoms with E-state index in [-0.39, 0.29) is 11.3 Å². The molecule has 0 aliphatic rings. The molecule has 0 spiro atoms. The molecular formula is C16H23NO3S. The lowest BCUT2D eigenvalue weighted by Crippen LogP contribution is -2.20. The van der Waals surface area contributed by atoms with Crippen LogP contribution in [0.25, 0.3) is 0 Å². The Bertz CT molecular complexity index is 508. The average Bonchev–Trinajstić information content (AvgIpc) is 2.34. The molecule has 0 radical (unpaired) electrons. The Kier molecular flexibility index (Phi) is 6.27. The first-order chi connectivity index (χ1) is 9.73. The maximum Gasteiger partial charge on any atom is 0.316 e. The second-order valence-corrected chi connectivity index (χ2v) is 7.38. The predicted octanol–water partition coefficient (Wildman–Crippen LogP) is 4.02. The fourth-order valence-corrected chi connectivity index (χ4v) is 2.79. The smallest absolute Gasteiger partial charge is 0.316 e. The molecule has 0 unspecified atom stereocenters. The van der Waals surface area contributed by atoms with Crippen LogP contribution in [0.3, 0.4) is 0 Å². The van der Waals surface area contributed by atoms with Crippen molar-refractivity contribution in [2.24, 2.45) is 5.41 Å². The van der Waals surface area contributed by atoms with Gasteiger partial charge < -0.3 is 10.4 Å². The molecular weight excluding hydrogens is 286 g/mol. The molecule has 1 atom stereocenters. The van der Waals surface area contributed by atoms with Crippen LogP contribution in [0.1, 0.15) is 40.5 Å². The summed E-state index contributed by atoms with van der Waals surface area (Å²) in [6.07, 6.45) is 0.951. The SMILES string of the molecule is CC[C@@H](Sc1ccccc1NC(=O)CC(C)(C)C)C(=O)O. The number of hydrogen-bond donors (Lipinski definition) is 2. The number of para-hydroxylation sites is 1. The van der Waals surface area contributed by atoms with Gasteiger partial charge in [-0.05, 0) is 24.0 Å². The van der Waals surface area contributed by atoms with Gasteiger partial charge in [0.05, 0.1) is 5.69 Å². The second kappa shape index (κ2) is 7.50. The van der Waals surface area contributed by atoms with Gasteiger partial charge in [-0.3, -0.25) is 9.59 Å². The van der Waals surface area contributed by atoms with Gasteiger partial charge >= 0.3 is 5.97 Å². The number of benzene rings is 1. The zero-order valence-electron chi connectivity index (χ0n) is 13.0. The molecule has 0 saturated carbocycles. The normalized spacial score (nSPS) is 12.8. The van der Waals surface area contributed by atoms with Crippen molar-refractivity contribution in [3.05, 3.63) is 24.3 Å². The third kappa shape index (κ3) is 6.21. The summed E-state index contributed by atoms with van der Waals surface area (Å²) in [5.41, 5.74) is 0.593. The molecule has 1 aromatic carbocycles. The monoisotopic (exact) mass is 309 g/mol. The first-order valence-corrected chi connectivity index (χ1v) is 7.89. The highest BCUT2D eigenvalue weighted by Gasteiger charge is 2.20. The Morgan fingerprint density at radius 3 is 2.43 bits per heavy atom. The molecule has 0 bridgehead atoms. The van der Waals surface area contributed by atoms with Crippen LogP contribution in [0, 0.1) is 5.41 Å². The number of thioether (sulfide) groups is 1. The summed E-state index contributed by atoms with van der Waals surface area (Å²) in [5.74, 6) is -0.891. The van der Waals surface area contributed by atoms with E-state index in [1.165, 1.54) is 11.8 Å². The fourth-order valence-electron chi connectivity index (χ4n) is 1.81. The van der Waals surface area contributed by atoms with E-state index >= 15 is 0 Å². The zero-order chi connectivity index (χ0) is 16.0. The van der Waals surface area contributed by atoms with Crippen molar-refractivity contribution in [1.82, 2.24) is 0 Å². The molecule has 1 aromatic rings. The van der Waals surface area contributed by atoms with E-state index in [4.69, 9.17) is 5.11 Å². The topological polar surface area (TPSA) is 66.4 Å². The number of carboxylic acid groups (broad SMARTS) is 1. The Hall–Kier alpha value is -1.49. The second-order valence-electron chi connectivity index (χ2n) is 6.13. The average molecular weight is 309 g/mol. The lowest BCUT2D eigenvalue weighted by molar-refractivity contribution is -0.136. The minimum Gasteiger partial charge on any atom is -0.480 e. The van der Waals surface area contributed by atoms with E-state index in [2.05, 4.69) is 5.32 Å². The number of carbonyl (C=O) groups is 2. The van der Waals surface area contributed by atoms with Gasteiger partial charge in [-0.2, -0.15) is 0 Å². The molecule has 0 aliphatic carbocycles. The van der Waals surface area contributed by atoms with Gasteiger partial charge in [-0.15, -0.1) is 11.8 Å². The maximum atomic E-state index is 12.0. The van der Waals surface area contributed by atoms with E-state index in [0.29, 0.717) is 18.5 Å². The molecule has 1 amide bonds. The van der Waals surface area contributed by atoms with Crippen molar-refractivity contribution >= 4 is 29.3 Å². The Balaban J connectivity index is 2.84. The number of amides is 1. The van der Waals surface area contributed by atoms with E-state index in [1.807, 2.05) is 45.9 Å². The Labute approximate surface area is 130 Å². The summed E-state index contributed by atoms with van der Waals surface area (Å²) in [6.45, 7) is 7.85. The number of carboxylic acids is 1. The van der Waals surface area contributed by atoms with Crippen molar-refractivity contribution in [2.75, 3.05) is 5.32 Å². The highest BCUT2D eigenvalue weighted by Crippen LogP contribution is 2.32. The molecule has 116 valence electrons. The third-order valence-electron chi connectivity index (χ3n) is 2.77. The molecule has 5 heteroatoms. The summed E-state index contributed by atoms with van der Waals surface area (Å²) in [5, 5.41) is 11.5. The van der Waals surface area contributed by atoms with E-state index in [0.717, 1.165) is 4.90 Å². The van der Waals surface area contributed by atoms with Gasteiger partial charge in [0.2, 0.25) is 5.91 Å². The number of hydrogen-bond acceptors (Lipinski definition) is 3. The first-order valence-electron chi connectivity index (χ1n) is 7.01. The van der Waals surface area contributed by atoms with Crippen LogP contribution >= 0.6 is 11.8 Å². The van der Waals surface area contributed by atoms with Crippen molar-refractivity contribution in [3.63, 3.8) is 0 Å². The van der Waals surface area contributed by atoms with Gasteiger partial charge in [0.1, 0.15) is 5.25 Å². The molecule has 0 heterocycles. The maximum absolute atomic E-state index is 12.0. The van der Waals surface area contributed by atoms with E-state index < -0.39 is 11.2 Å². The molecule has 0 aromatic heterocycles. The zero-order valence-corrected chi connectivity index (χ0v) is 13.8. The van der Waals surface area contributed by atoms with Crippen LogP contribution in [0.15, 0.2) is 29.2 Å².